The van der Waals surface area contributed by atoms with Gasteiger partial charge in [0.15, 0.2) is 0 Å². The van der Waals surface area contributed by atoms with Crippen molar-refractivity contribution in [2.24, 2.45) is 0 Å². The Morgan fingerprint density at radius 3 is 2.53 bits per heavy atom. The SMILES string of the molecule is Cc1ccc(C(=O)NCCCc2nc3ccccc3n2CC(=O)N2CCCC2)cc1. The molecule has 0 unspecified atom stereocenters. The van der Waals surface area contributed by atoms with E-state index in [1.165, 1.54) is 0 Å². The van der Waals surface area contributed by atoms with Crippen molar-refractivity contribution in [2.75, 3.05) is 19.6 Å². The molecule has 1 saturated heterocycles. The van der Waals surface area contributed by atoms with E-state index in [0.717, 1.165) is 54.8 Å². The first kappa shape index (κ1) is 20.1. The molecule has 1 aromatic heterocycles. The summed E-state index contributed by atoms with van der Waals surface area (Å²) < 4.78 is 2.04. The van der Waals surface area contributed by atoms with Crippen molar-refractivity contribution in [1.82, 2.24) is 19.8 Å². The molecule has 0 radical (unpaired) electrons. The van der Waals surface area contributed by atoms with Crippen LogP contribution >= 0.6 is 0 Å². The van der Waals surface area contributed by atoms with E-state index in [1.54, 1.807) is 0 Å². The minimum Gasteiger partial charge on any atom is -0.352 e. The molecule has 2 amide bonds. The van der Waals surface area contributed by atoms with Gasteiger partial charge in [0, 0.05) is 31.6 Å². The molecule has 0 spiro atoms. The first-order valence-electron chi connectivity index (χ1n) is 10.7. The summed E-state index contributed by atoms with van der Waals surface area (Å²) in [6.07, 6.45) is 3.64. The lowest BCUT2D eigenvalue weighted by Gasteiger charge is -2.17. The third-order valence-corrected chi connectivity index (χ3v) is 5.66. The quantitative estimate of drug-likeness (QED) is 0.614. The number of aryl methyl sites for hydroxylation is 2. The van der Waals surface area contributed by atoms with Crippen molar-refractivity contribution in [1.29, 1.82) is 0 Å². The smallest absolute Gasteiger partial charge is 0.251 e. The third kappa shape index (κ3) is 4.53. The molecule has 1 fully saturated rings. The molecule has 3 aromatic rings. The number of likely N-dealkylation sites (tertiary alicyclic amines) is 1. The first-order chi connectivity index (χ1) is 14.6. The predicted octanol–water partition coefficient (Wildman–Crippen LogP) is 3.33. The first-order valence-corrected chi connectivity index (χ1v) is 10.7. The molecular formula is C24H28N4O2. The van der Waals surface area contributed by atoms with Crippen molar-refractivity contribution in [3.63, 3.8) is 0 Å². The van der Waals surface area contributed by atoms with Gasteiger partial charge in [0.2, 0.25) is 5.91 Å². The summed E-state index contributed by atoms with van der Waals surface area (Å²) in [5.74, 6) is 0.991. The topological polar surface area (TPSA) is 67.2 Å². The van der Waals surface area contributed by atoms with Crippen LogP contribution in [0.25, 0.3) is 11.0 Å². The van der Waals surface area contributed by atoms with Crippen molar-refractivity contribution < 1.29 is 9.59 Å². The van der Waals surface area contributed by atoms with E-state index >= 15 is 0 Å². The number of hydrogen-bond acceptors (Lipinski definition) is 3. The van der Waals surface area contributed by atoms with E-state index in [-0.39, 0.29) is 11.8 Å². The zero-order chi connectivity index (χ0) is 20.9. The second-order valence-corrected chi connectivity index (χ2v) is 7.92. The Balaban J connectivity index is 1.40. The van der Waals surface area contributed by atoms with Crippen molar-refractivity contribution >= 4 is 22.8 Å². The normalized spacial score (nSPS) is 13.7. The number of hydrogen-bond donors (Lipinski definition) is 1. The Hall–Kier alpha value is -3.15. The minimum absolute atomic E-state index is 0.0623. The lowest BCUT2D eigenvalue weighted by Crippen LogP contribution is -2.31. The predicted molar refractivity (Wildman–Crippen MR) is 117 cm³/mol. The van der Waals surface area contributed by atoms with E-state index < -0.39 is 0 Å². The maximum absolute atomic E-state index is 12.7. The van der Waals surface area contributed by atoms with E-state index in [4.69, 9.17) is 4.98 Å². The van der Waals surface area contributed by atoms with Gasteiger partial charge in [-0.1, -0.05) is 29.8 Å². The Kier molecular flexibility index (Phi) is 6.12. The second-order valence-electron chi connectivity index (χ2n) is 7.92. The number of carbonyl (C=O) groups excluding carboxylic acids is 2. The summed E-state index contributed by atoms with van der Waals surface area (Å²) >= 11 is 0. The van der Waals surface area contributed by atoms with Crippen LogP contribution in [0.2, 0.25) is 0 Å². The van der Waals surface area contributed by atoms with E-state index in [2.05, 4.69) is 5.32 Å². The van der Waals surface area contributed by atoms with E-state index in [1.807, 2.05) is 64.9 Å². The van der Waals surface area contributed by atoms with Crippen LogP contribution in [0.5, 0.6) is 0 Å². The Labute approximate surface area is 176 Å². The molecule has 6 nitrogen and oxygen atoms in total. The summed E-state index contributed by atoms with van der Waals surface area (Å²) in [6, 6.07) is 15.5. The zero-order valence-electron chi connectivity index (χ0n) is 17.4. The molecular weight excluding hydrogens is 376 g/mol. The van der Waals surface area contributed by atoms with Gasteiger partial charge in [0.05, 0.1) is 11.0 Å². The van der Waals surface area contributed by atoms with Gasteiger partial charge < -0.3 is 14.8 Å². The lowest BCUT2D eigenvalue weighted by molar-refractivity contribution is -0.130. The molecule has 4 rings (SSSR count). The summed E-state index contributed by atoms with van der Waals surface area (Å²) in [7, 11) is 0. The highest BCUT2D eigenvalue weighted by Gasteiger charge is 2.20. The van der Waals surface area contributed by atoms with Gasteiger partial charge in [-0.25, -0.2) is 4.98 Å². The van der Waals surface area contributed by atoms with Gasteiger partial charge >= 0.3 is 0 Å². The van der Waals surface area contributed by atoms with Crippen molar-refractivity contribution in [3.05, 3.63) is 65.5 Å². The average molecular weight is 405 g/mol. The molecule has 30 heavy (non-hydrogen) atoms. The molecule has 0 atom stereocenters. The van der Waals surface area contributed by atoms with Crippen LogP contribution in [-0.4, -0.2) is 45.9 Å². The molecule has 0 saturated carbocycles. The summed E-state index contributed by atoms with van der Waals surface area (Å²) in [5, 5.41) is 2.98. The molecule has 0 bridgehead atoms. The number of nitrogens with one attached hydrogen (secondary N) is 1. The summed E-state index contributed by atoms with van der Waals surface area (Å²) in [5.41, 5.74) is 3.70. The monoisotopic (exact) mass is 404 g/mol. The van der Waals surface area contributed by atoms with Gasteiger partial charge in [0.1, 0.15) is 12.4 Å². The summed E-state index contributed by atoms with van der Waals surface area (Å²) in [4.78, 5) is 31.7. The van der Waals surface area contributed by atoms with Crippen molar-refractivity contribution in [2.45, 2.75) is 39.2 Å². The third-order valence-electron chi connectivity index (χ3n) is 5.66. The maximum Gasteiger partial charge on any atom is 0.251 e. The summed E-state index contributed by atoms with van der Waals surface area (Å²) in [6.45, 7) is 4.60. The fraction of sp³-hybridized carbons (Fsp3) is 0.375. The molecule has 0 aliphatic carbocycles. The number of carbonyl (C=O) groups is 2. The number of amides is 2. The van der Waals surface area contributed by atoms with Crippen LogP contribution in [-0.2, 0) is 17.8 Å². The van der Waals surface area contributed by atoms with Gasteiger partial charge in [-0.05, 0) is 50.5 Å². The van der Waals surface area contributed by atoms with Gasteiger partial charge in [-0.3, -0.25) is 9.59 Å². The zero-order valence-corrected chi connectivity index (χ0v) is 17.4. The largest absolute Gasteiger partial charge is 0.352 e. The molecule has 2 heterocycles. The molecule has 2 aromatic carbocycles. The standard InChI is InChI=1S/C24H28N4O2/c1-18-10-12-19(13-11-18)24(30)25-14-6-9-22-26-20-7-2-3-8-21(20)28(22)17-23(29)27-15-4-5-16-27/h2-3,7-8,10-13H,4-6,9,14-17H2,1H3,(H,25,30). The van der Waals surface area contributed by atoms with E-state index in [9.17, 15) is 9.59 Å². The molecule has 1 aliphatic heterocycles. The van der Waals surface area contributed by atoms with Crippen LogP contribution in [0.15, 0.2) is 48.5 Å². The number of imidazole rings is 1. The van der Waals surface area contributed by atoms with Crippen molar-refractivity contribution in [3.8, 4) is 0 Å². The van der Waals surface area contributed by atoms with Gasteiger partial charge in [0.25, 0.3) is 5.91 Å². The number of fused-ring (bicyclic) bond motifs is 1. The molecule has 1 aliphatic rings. The van der Waals surface area contributed by atoms with Gasteiger partial charge in [-0.15, -0.1) is 0 Å². The molecule has 156 valence electrons. The Morgan fingerprint density at radius 1 is 1.03 bits per heavy atom. The fourth-order valence-electron chi connectivity index (χ4n) is 3.95. The number of benzene rings is 2. The van der Waals surface area contributed by atoms with Gasteiger partial charge in [-0.2, -0.15) is 0 Å². The van der Waals surface area contributed by atoms with Crippen LogP contribution in [0.3, 0.4) is 0 Å². The highest BCUT2D eigenvalue weighted by molar-refractivity contribution is 5.94. The van der Waals surface area contributed by atoms with Crippen LogP contribution < -0.4 is 5.32 Å². The Morgan fingerprint density at radius 2 is 1.77 bits per heavy atom. The second kappa shape index (κ2) is 9.11. The lowest BCUT2D eigenvalue weighted by atomic mass is 10.1. The highest BCUT2D eigenvalue weighted by atomic mass is 16.2. The molecule has 6 heteroatoms. The number of nitrogens with zero attached hydrogens (tertiary/aromatic N) is 3. The average Bonchev–Trinajstić information content (AvgIpc) is 3.40. The number of para-hydroxylation sites is 2. The van der Waals surface area contributed by atoms with Crippen LogP contribution in [0.4, 0.5) is 0 Å². The Bertz CT molecular complexity index is 1030. The fourth-order valence-corrected chi connectivity index (χ4v) is 3.95. The number of aromatic nitrogens is 2. The van der Waals surface area contributed by atoms with E-state index in [0.29, 0.717) is 25.1 Å². The number of rotatable bonds is 7. The minimum atomic E-state index is -0.0623. The van der Waals surface area contributed by atoms with Crippen LogP contribution in [0, 0.1) is 6.92 Å². The highest BCUT2D eigenvalue weighted by Crippen LogP contribution is 2.18. The van der Waals surface area contributed by atoms with Crippen LogP contribution in [0.1, 0.15) is 41.0 Å². The maximum atomic E-state index is 12.7. The molecule has 1 N–H and O–H groups in total.